The zero-order valence-corrected chi connectivity index (χ0v) is 20.1. The van der Waals surface area contributed by atoms with Crippen LogP contribution < -0.4 is 10.7 Å². The molecule has 1 aliphatic heterocycles. The van der Waals surface area contributed by atoms with Crippen molar-refractivity contribution < 1.29 is 9.59 Å². The van der Waals surface area contributed by atoms with Crippen molar-refractivity contribution in [2.75, 3.05) is 19.6 Å². The molecule has 0 unspecified atom stereocenters. The first-order valence-corrected chi connectivity index (χ1v) is 12.2. The van der Waals surface area contributed by atoms with Crippen LogP contribution in [0.2, 0.25) is 10.0 Å². The molecule has 3 rings (SSSR count). The third-order valence-electron chi connectivity index (χ3n) is 5.70. The zero-order chi connectivity index (χ0) is 23.5. The maximum Gasteiger partial charge on any atom is 0.257 e. The molecule has 6 nitrogen and oxygen atoms in total. The first-order valence-electron chi connectivity index (χ1n) is 11.4. The first kappa shape index (κ1) is 25.2. The third kappa shape index (κ3) is 8.14. The number of amides is 2. The Morgan fingerprint density at radius 2 is 1.79 bits per heavy atom. The summed E-state index contributed by atoms with van der Waals surface area (Å²) in [7, 11) is 0. The molecular weight excluding hydrogens is 459 g/mol. The van der Waals surface area contributed by atoms with Gasteiger partial charge in [0.25, 0.3) is 11.8 Å². The van der Waals surface area contributed by atoms with Gasteiger partial charge in [0.2, 0.25) is 0 Å². The summed E-state index contributed by atoms with van der Waals surface area (Å²) < 4.78 is 0. The molecule has 2 N–H and O–H groups in total. The lowest BCUT2D eigenvalue weighted by molar-refractivity contribution is -0.127. The molecule has 0 saturated carbocycles. The number of nitrogens with one attached hydrogen (secondary N) is 2. The second-order valence-electron chi connectivity index (χ2n) is 8.13. The molecule has 2 aromatic rings. The molecule has 0 spiro atoms. The summed E-state index contributed by atoms with van der Waals surface area (Å²) in [4.78, 5) is 27.3. The number of hydrogen-bond donors (Lipinski definition) is 2. The second-order valence-corrected chi connectivity index (χ2v) is 8.97. The minimum Gasteiger partial charge on any atom is -0.352 e. The van der Waals surface area contributed by atoms with Crippen molar-refractivity contribution in [1.82, 2.24) is 15.6 Å². The molecule has 0 aliphatic carbocycles. The van der Waals surface area contributed by atoms with E-state index in [0.717, 1.165) is 38.8 Å². The Morgan fingerprint density at radius 1 is 1.03 bits per heavy atom. The fraction of sp³-hybridized carbons (Fsp3) is 0.400. The van der Waals surface area contributed by atoms with Gasteiger partial charge in [-0.15, -0.1) is 0 Å². The van der Waals surface area contributed by atoms with E-state index >= 15 is 0 Å². The zero-order valence-electron chi connectivity index (χ0n) is 18.6. The molecule has 2 aromatic carbocycles. The van der Waals surface area contributed by atoms with Gasteiger partial charge in [-0.3, -0.25) is 14.5 Å². The largest absolute Gasteiger partial charge is 0.352 e. The van der Waals surface area contributed by atoms with Gasteiger partial charge in [0.15, 0.2) is 0 Å². The highest BCUT2D eigenvalue weighted by molar-refractivity contribution is 6.36. The van der Waals surface area contributed by atoms with Gasteiger partial charge < -0.3 is 5.32 Å². The summed E-state index contributed by atoms with van der Waals surface area (Å²) in [5.74, 6) is -0.192. The Balaban J connectivity index is 1.49. The molecule has 0 aromatic heterocycles. The number of hydrazone groups is 1. The van der Waals surface area contributed by atoms with Crippen LogP contribution in [0.4, 0.5) is 0 Å². The number of carbonyl (C=O) groups is 2. The fourth-order valence-electron chi connectivity index (χ4n) is 3.91. The van der Waals surface area contributed by atoms with Crippen LogP contribution in [0.15, 0.2) is 53.6 Å². The highest BCUT2D eigenvalue weighted by atomic mass is 35.5. The van der Waals surface area contributed by atoms with Gasteiger partial charge in [-0.05, 0) is 69.5 Å². The molecule has 0 bridgehead atoms. The number of rotatable bonds is 10. The van der Waals surface area contributed by atoms with E-state index in [9.17, 15) is 9.59 Å². The van der Waals surface area contributed by atoms with Crippen molar-refractivity contribution in [2.24, 2.45) is 5.10 Å². The molecule has 1 saturated heterocycles. The third-order valence-corrected chi connectivity index (χ3v) is 6.26. The predicted octanol–water partition coefficient (Wildman–Crippen LogP) is 4.90. The summed E-state index contributed by atoms with van der Waals surface area (Å²) >= 11 is 12.1. The Labute approximate surface area is 205 Å². The lowest BCUT2D eigenvalue weighted by Gasteiger charge is -2.33. The van der Waals surface area contributed by atoms with Crippen LogP contribution in [0.1, 0.15) is 54.4 Å². The highest BCUT2D eigenvalue weighted by Crippen LogP contribution is 2.20. The number of piperidine rings is 1. The van der Waals surface area contributed by atoms with E-state index in [2.05, 4.69) is 20.7 Å². The van der Waals surface area contributed by atoms with Crippen molar-refractivity contribution in [3.8, 4) is 0 Å². The minimum absolute atomic E-state index is 0.0730. The van der Waals surface area contributed by atoms with E-state index in [-0.39, 0.29) is 17.9 Å². The number of unbranched alkanes of at least 4 members (excludes halogenated alkanes) is 1. The average molecular weight is 489 g/mol. The monoisotopic (exact) mass is 488 g/mol. The van der Waals surface area contributed by atoms with E-state index in [4.69, 9.17) is 23.2 Å². The van der Waals surface area contributed by atoms with Crippen LogP contribution >= 0.6 is 23.2 Å². The summed E-state index contributed by atoms with van der Waals surface area (Å²) in [6.07, 6.45) is 7.27. The van der Waals surface area contributed by atoms with Crippen LogP contribution in [-0.4, -0.2) is 48.6 Å². The summed E-state index contributed by atoms with van der Waals surface area (Å²) in [5.41, 5.74) is 4.02. The van der Waals surface area contributed by atoms with Gasteiger partial charge in [0.05, 0.1) is 17.3 Å². The molecular formula is C25H30Cl2N4O2. The van der Waals surface area contributed by atoms with Crippen molar-refractivity contribution in [2.45, 2.75) is 44.6 Å². The van der Waals surface area contributed by atoms with Crippen molar-refractivity contribution in [3.63, 3.8) is 0 Å². The molecule has 33 heavy (non-hydrogen) atoms. The number of carbonyl (C=O) groups excluding carboxylic acids is 2. The van der Waals surface area contributed by atoms with E-state index in [1.807, 2.05) is 18.2 Å². The summed E-state index contributed by atoms with van der Waals surface area (Å²) in [6, 6.07) is 14.0. The lowest BCUT2D eigenvalue weighted by atomic mass is 10.0. The number of benzene rings is 2. The number of nitrogens with zero attached hydrogens (tertiary/aromatic N) is 2. The predicted molar refractivity (Wildman–Crippen MR) is 134 cm³/mol. The van der Waals surface area contributed by atoms with Gasteiger partial charge in [-0.25, -0.2) is 5.43 Å². The standard InChI is InChI=1S/C25H30Cl2N4O2/c26-21-13-12-20(22(27)17-21)18-29-30-25(33)23(31-15-7-2-8-16-31)11-5-6-14-28-24(32)19-9-3-1-4-10-19/h1,3-4,9-10,12-13,17-18,23H,2,5-8,11,14-16H2,(H,28,32)(H,30,33)/b29-18+/t23-/m0/s1. The summed E-state index contributed by atoms with van der Waals surface area (Å²) in [6.45, 7) is 2.40. The fourth-order valence-corrected chi connectivity index (χ4v) is 4.37. The number of likely N-dealkylation sites (tertiary alicyclic amines) is 1. The Bertz CT molecular complexity index is 947. The second kappa shape index (κ2) is 13.3. The molecule has 1 heterocycles. The Hall–Kier alpha value is -2.41. The Kier molecular flexibility index (Phi) is 10.2. The molecule has 176 valence electrons. The average Bonchev–Trinajstić information content (AvgIpc) is 2.83. The van der Waals surface area contributed by atoms with Crippen molar-refractivity contribution in [3.05, 3.63) is 69.7 Å². The molecule has 8 heteroatoms. The van der Waals surface area contributed by atoms with Crippen LogP contribution in [0.3, 0.4) is 0 Å². The topological polar surface area (TPSA) is 73.8 Å². The van der Waals surface area contributed by atoms with E-state index in [0.29, 0.717) is 34.1 Å². The summed E-state index contributed by atoms with van der Waals surface area (Å²) in [5, 5.41) is 8.08. The van der Waals surface area contributed by atoms with Gasteiger partial charge in [0, 0.05) is 22.7 Å². The van der Waals surface area contributed by atoms with Crippen LogP contribution in [0.5, 0.6) is 0 Å². The maximum absolute atomic E-state index is 12.9. The van der Waals surface area contributed by atoms with Crippen LogP contribution in [-0.2, 0) is 4.79 Å². The van der Waals surface area contributed by atoms with Crippen molar-refractivity contribution >= 4 is 41.2 Å². The van der Waals surface area contributed by atoms with Crippen LogP contribution in [0, 0.1) is 0 Å². The van der Waals surface area contributed by atoms with Gasteiger partial charge >= 0.3 is 0 Å². The normalized spacial score (nSPS) is 15.3. The first-order chi connectivity index (χ1) is 16.0. The highest BCUT2D eigenvalue weighted by Gasteiger charge is 2.26. The van der Waals surface area contributed by atoms with E-state index in [1.165, 1.54) is 12.6 Å². The molecule has 1 aliphatic rings. The molecule has 0 radical (unpaired) electrons. The SMILES string of the molecule is O=C(NCCCC[C@@H](C(=O)N/N=C/c1ccc(Cl)cc1Cl)N1CCCCC1)c1ccccc1. The maximum atomic E-state index is 12.9. The lowest BCUT2D eigenvalue weighted by Crippen LogP contribution is -2.47. The Morgan fingerprint density at radius 3 is 2.52 bits per heavy atom. The molecule has 2 amide bonds. The quantitative estimate of drug-likeness (QED) is 0.283. The smallest absolute Gasteiger partial charge is 0.257 e. The molecule has 1 fully saturated rings. The minimum atomic E-state index is -0.243. The van der Waals surface area contributed by atoms with Gasteiger partial charge in [-0.2, -0.15) is 5.10 Å². The number of hydrogen-bond acceptors (Lipinski definition) is 4. The van der Waals surface area contributed by atoms with E-state index in [1.54, 1.807) is 30.3 Å². The van der Waals surface area contributed by atoms with Gasteiger partial charge in [-0.1, -0.05) is 53.9 Å². The van der Waals surface area contributed by atoms with Crippen molar-refractivity contribution in [1.29, 1.82) is 0 Å². The van der Waals surface area contributed by atoms with E-state index < -0.39 is 0 Å². The van der Waals surface area contributed by atoms with Gasteiger partial charge in [0.1, 0.15) is 0 Å². The van der Waals surface area contributed by atoms with Crippen LogP contribution in [0.25, 0.3) is 0 Å². The molecule has 1 atom stereocenters. The number of halogens is 2.